The fourth-order valence-corrected chi connectivity index (χ4v) is 13.8. The number of quaternary nitrogens is 1. The Morgan fingerprint density at radius 3 is 2.29 bits per heavy atom. The summed E-state index contributed by atoms with van der Waals surface area (Å²) in [7, 11) is 3.77. The number of piperazine rings is 1. The van der Waals surface area contributed by atoms with E-state index < -0.39 is 71.5 Å². The van der Waals surface area contributed by atoms with E-state index in [1.54, 1.807) is 81.8 Å². The molecule has 29 heteroatoms. The summed E-state index contributed by atoms with van der Waals surface area (Å²) in [6.07, 6.45) is 9.57. The second-order valence-corrected chi connectivity index (χ2v) is 27.6. The molecule has 0 saturated carbocycles. The Bertz CT molecular complexity index is 4590. The number of benzene rings is 5. The lowest BCUT2D eigenvalue weighted by atomic mass is 9.96. The minimum absolute atomic E-state index is 0.0149. The molecule has 0 radical (unpaired) electrons. The van der Waals surface area contributed by atoms with Crippen molar-refractivity contribution < 1.29 is 76.0 Å². The van der Waals surface area contributed by atoms with E-state index in [1.165, 1.54) is 41.9 Å². The standard InChI is InChI=1S/C78H84ClFN12O14S/c1-7-38-103-45-53-42-55(87-73(96)59(15-12-30-83-78(81)100)88-74(97)70(48(2)3)89-64(93)29-39-102-40-35-91-65(94)26-27-66(91)95)23-20-52(53)44-92(5)36-32-90(33-37-92)34-41-104-62-25-24-57(49(4)69(62)79)67-68-75(84-47-85-76(68)107-71(67)50-18-21-54(80)22-19-50)106-63(77(98)99)43-51-13-8-10-16-60(51)105-46-56-28-31-82-72(86-56)58-14-9-11-17-61(58)101-6/h1,8-11,13-14,16-28,31,42,47-48,59,63,70H,12,15,29-30,32-41,43-46H2,2-6H3,(H6-,81,83,87,88,89,93,96,97,98,99,100)/p+1/t59-,63+,70-/m0/s1. The van der Waals surface area contributed by atoms with Gasteiger partial charge in [0.15, 0.2) is 5.82 Å². The Balaban J connectivity index is 0.773. The van der Waals surface area contributed by atoms with Gasteiger partial charge in [0.25, 0.3) is 11.8 Å². The molecule has 3 atom stereocenters. The van der Waals surface area contributed by atoms with Crippen LogP contribution in [0.4, 0.5) is 14.9 Å². The highest BCUT2D eigenvalue weighted by Gasteiger charge is 2.34. The summed E-state index contributed by atoms with van der Waals surface area (Å²) >= 11 is 8.59. The molecule has 2 aliphatic rings. The van der Waals surface area contributed by atoms with Crippen molar-refractivity contribution in [1.29, 1.82) is 0 Å². The van der Waals surface area contributed by atoms with Crippen LogP contribution in [0.2, 0.25) is 5.02 Å². The molecule has 7 amide bonds. The molecule has 0 unspecified atom stereocenters. The number of nitrogens with zero attached hydrogens (tertiary/aromatic N) is 7. The average molecular weight is 1500 g/mol. The molecule has 0 spiro atoms. The van der Waals surface area contributed by atoms with E-state index >= 15 is 0 Å². The number of likely N-dealkylation sites (N-methyl/N-ethyl adjacent to an activating group) is 1. The van der Waals surface area contributed by atoms with E-state index in [-0.39, 0.29) is 77.7 Å². The molecule has 107 heavy (non-hydrogen) atoms. The summed E-state index contributed by atoms with van der Waals surface area (Å²) in [4.78, 5) is 113. The van der Waals surface area contributed by atoms with Gasteiger partial charge in [-0.2, -0.15) is 0 Å². The molecule has 0 bridgehead atoms. The number of methoxy groups -OCH3 is 1. The monoisotopic (exact) mass is 1500 g/mol. The molecule has 560 valence electrons. The average Bonchev–Trinajstić information content (AvgIpc) is 1.61. The minimum atomic E-state index is -1.45. The number of thiophene rings is 1. The van der Waals surface area contributed by atoms with Gasteiger partial charge in [-0.1, -0.05) is 86.0 Å². The first kappa shape index (κ1) is 78.7. The van der Waals surface area contributed by atoms with Crippen LogP contribution in [-0.4, -0.2) is 185 Å². The molecule has 8 aromatic rings. The summed E-state index contributed by atoms with van der Waals surface area (Å²) < 4.78 is 51.3. The fraction of sp³-hybridized carbons (Fsp3) is 0.346. The Hall–Kier alpha value is -10.9. The first-order chi connectivity index (χ1) is 51.6. The van der Waals surface area contributed by atoms with E-state index in [0.29, 0.717) is 112 Å². The van der Waals surface area contributed by atoms with Crippen molar-refractivity contribution in [3.05, 3.63) is 173 Å². The Morgan fingerprint density at radius 2 is 1.56 bits per heavy atom. The second-order valence-electron chi connectivity index (χ2n) is 26.2. The third-order valence-corrected chi connectivity index (χ3v) is 19.9. The molecular formula is C78H85ClFN12O14S+. The molecule has 26 nitrogen and oxygen atoms in total. The van der Waals surface area contributed by atoms with Crippen LogP contribution < -0.4 is 45.9 Å². The number of hydrogen-bond acceptors (Lipinski definition) is 19. The minimum Gasteiger partial charge on any atom is -0.496 e. The maximum absolute atomic E-state index is 14.5. The molecule has 5 heterocycles. The van der Waals surface area contributed by atoms with Crippen LogP contribution in [0.25, 0.3) is 43.2 Å². The first-order valence-corrected chi connectivity index (χ1v) is 36.0. The Labute approximate surface area is 627 Å². The number of primary amides is 1. The largest absolute Gasteiger partial charge is 0.496 e. The predicted octanol–water partition coefficient (Wildman–Crippen LogP) is 9.08. The number of nitrogens with one attached hydrogen (secondary N) is 4. The molecular weight excluding hydrogens is 1420 g/mol. The van der Waals surface area contributed by atoms with Gasteiger partial charge in [0.2, 0.25) is 29.7 Å². The number of imide groups is 1. The van der Waals surface area contributed by atoms with Crippen molar-refractivity contribution in [2.45, 2.75) is 84.4 Å². The van der Waals surface area contributed by atoms with E-state index in [1.807, 2.05) is 49.4 Å². The maximum atomic E-state index is 14.5. The van der Waals surface area contributed by atoms with Crippen molar-refractivity contribution >= 4 is 80.4 Å². The number of rotatable bonds is 37. The number of halogens is 2. The van der Waals surface area contributed by atoms with Gasteiger partial charge in [0.1, 0.15) is 72.7 Å². The number of carboxylic acids is 1. The van der Waals surface area contributed by atoms with Crippen LogP contribution in [0.15, 0.2) is 134 Å². The number of carboxylic acid groups (broad SMARTS) is 1. The quantitative estimate of drug-likeness (QED) is 0.00914. The van der Waals surface area contributed by atoms with E-state index in [0.717, 1.165) is 42.2 Å². The smallest absolute Gasteiger partial charge is 0.345 e. The van der Waals surface area contributed by atoms with E-state index in [2.05, 4.69) is 54.1 Å². The Kier molecular flexibility index (Phi) is 27.5. The molecule has 1 saturated heterocycles. The maximum Gasteiger partial charge on any atom is 0.345 e. The number of carbonyl (C=O) groups excluding carboxylic acids is 6. The highest BCUT2D eigenvalue weighted by atomic mass is 35.5. The van der Waals surface area contributed by atoms with E-state index in [4.69, 9.17) is 57.2 Å². The number of ether oxygens (including phenoxy) is 6. The van der Waals surface area contributed by atoms with Crippen LogP contribution >= 0.6 is 22.9 Å². The van der Waals surface area contributed by atoms with Gasteiger partial charge in [0.05, 0.1) is 75.3 Å². The van der Waals surface area contributed by atoms with Crippen LogP contribution in [0.5, 0.6) is 23.1 Å². The summed E-state index contributed by atoms with van der Waals surface area (Å²) in [6, 6.07) is 28.7. The number of hydrogen-bond donors (Lipinski definition) is 6. The number of amides is 7. The predicted molar refractivity (Wildman–Crippen MR) is 400 cm³/mol. The number of carbonyl (C=O) groups is 7. The summed E-state index contributed by atoms with van der Waals surface area (Å²) in [6.45, 7) is 10.3. The van der Waals surface area contributed by atoms with Crippen LogP contribution in [-0.2, 0) is 64.4 Å². The number of urea groups is 1. The number of aliphatic carboxylic acids is 1. The van der Waals surface area contributed by atoms with Crippen LogP contribution in [0.3, 0.4) is 0 Å². The lowest BCUT2D eigenvalue weighted by Gasteiger charge is -2.42. The molecule has 2 aliphatic heterocycles. The number of terminal acetylenes is 1. The summed E-state index contributed by atoms with van der Waals surface area (Å²) in [5.74, 6) is -0.126. The normalized spacial score (nSPS) is 14.3. The van der Waals surface area contributed by atoms with Crippen molar-refractivity contribution in [2.24, 2.45) is 11.7 Å². The molecule has 7 N–H and O–H groups in total. The van der Waals surface area contributed by atoms with Crippen molar-refractivity contribution in [1.82, 2.24) is 45.7 Å². The lowest BCUT2D eigenvalue weighted by Crippen LogP contribution is -2.57. The molecule has 0 aliphatic carbocycles. The highest BCUT2D eigenvalue weighted by Crippen LogP contribution is 2.50. The van der Waals surface area contributed by atoms with Gasteiger partial charge >= 0.3 is 12.0 Å². The highest BCUT2D eigenvalue weighted by molar-refractivity contribution is 7.22. The number of aromatic nitrogens is 4. The molecule has 10 rings (SSSR count). The second kappa shape index (κ2) is 37.4. The molecule has 5 aromatic carbocycles. The zero-order chi connectivity index (χ0) is 76.2. The van der Waals surface area contributed by atoms with Crippen molar-refractivity contribution in [3.63, 3.8) is 0 Å². The number of fused-ring (bicyclic) bond motifs is 1. The number of para-hydroxylation sites is 2. The fourth-order valence-electron chi connectivity index (χ4n) is 12.4. The number of anilines is 1. The van der Waals surface area contributed by atoms with Crippen LogP contribution in [0, 0.1) is 31.0 Å². The zero-order valence-corrected chi connectivity index (χ0v) is 61.5. The molecule has 1 fully saturated rings. The molecule has 3 aromatic heterocycles. The SMILES string of the molecule is C#CCOCc1cc(NC(=O)[C@H](CCCNC(N)=O)NC(=O)[C@@H](NC(=O)CCOCCN2C(=O)C=CC2=O)C(C)C)ccc1C[N+]1(C)CCN(CCOc2ccc(-c3c(-c4ccc(F)cc4)sc4ncnc(O[C@H](Cc5ccccc5OCc5ccnc(-c6ccccc6OC)n5)C(=O)O)c34)c(C)c2Cl)CC1. The third kappa shape index (κ3) is 21.0. The summed E-state index contributed by atoms with van der Waals surface area (Å²) in [5, 5.41) is 22.6. The van der Waals surface area contributed by atoms with E-state index in [9.17, 15) is 43.1 Å². The lowest BCUT2D eigenvalue weighted by molar-refractivity contribution is -0.926. The van der Waals surface area contributed by atoms with Gasteiger partial charge < -0.3 is 65.0 Å². The first-order valence-electron chi connectivity index (χ1n) is 34.8. The topological polar surface area (TPSA) is 327 Å². The van der Waals surface area contributed by atoms with Gasteiger partial charge in [-0.05, 0) is 108 Å². The van der Waals surface area contributed by atoms with Crippen molar-refractivity contribution in [2.75, 3.05) is 91.7 Å². The zero-order valence-electron chi connectivity index (χ0n) is 59.9. The third-order valence-electron chi connectivity index (χ3n) is 18.3. The van der Waals surface area contributed by atoms with Gasteiger partial charge in [-0.3, -0.25) is 33.8 Å². The number of nitrogens with two attached hydrogens (primary N) is 1. The van der Waals surface area contributed by atoms with Gasteiger partial charge in [-0.15, -0.1) is 17.8 Å². The van der Waals surface area contributed by atoms with Gasteiger partial charge in [-0.25, -0.2) is 33.9 Å². The Morgan fingerprint density at radius 1 is 0.813 bits per heavy atom. The van der Waals surface area contributed by atoms with Gasteiger partial charge in [0, 0.05) is 79.1 Å². The van der Waals surface area contributed by atoms with Crippen LogP contribution in [0.1, 0.15) is 61.1 Å². The summed E-state index contributed by atoms with van der Waals surface area (Å²) in [5.41, 5.74) is 12.0. The van der Waals surface area contributed by atoms with Crippen molar-refractivity contribution in [3.8, 4) is 68.4 Å².